The molecule has 252 valence electrons. The third kappa shape index (κ3) is 10.6. The largest absolute Gasteiger partial charge is 0.494 e. The van der Waals surface area contributed by atoms with E-state index in [1.54, 1.807) is 24.5 Å². The van der Waals surface area contributed by atoms with E-state index in [1.165, 1.54) is 6.07 Å². The molecule has 5 rings (SSSR count). The molecule has 0 aliphatic carbocycles. The van der Waals surface area contributed by atoms with E-state index >= 15 is 0 Å². The number of alkyl halides is 3. The van der Waals surface area contributed by atoms with Crippen LogP contribution in [0.15, 0.2) is 126 Å². The Balaban J connectivity index is 0.00000520. The topological polar surface area (TPSA) is 54.7 Å². The number of halogens is 5. The Bertz CT molecular complexity index is 1660. The van der Waals surface area contributed by atoms with E-state index in [1.807, 2.05) is 60.7 Å². The molecule has 10 heteroatoms. The van der Waals surface area contributed by atoms with Crippen molar-refractivity contribution in [3.05, 3.63) is 160 Å². The summed E-state index contributed by atoms with van der Waals surface area (Å²) < 4.78 is 52.4. The second-order valence-electron chi connectivity index (χ2n) is 11.3. The normalized spacial score (nSPS) is 11.4. The van der Waals surface area contributed by atoms with Gasteiger partial charge in [-0.25, -0.2) is 0 Å². The van der Waals surface area contributed by atoms with Crippen LogP contribution in [-0.4, -0.2) is 30.5 Å². The number of carbonyl (C=O) groups excluding carboxylic acids is 1. The predicted octanol–water partition coefficient (Wildman–Crippen LogP) is 9.34. The maximum atomic E-state index is 13.7. The molecule has 0 fully saturated rings. The van der Waals surface area contributed by atoms with Gasteiger partial charge in [0.25, 0.3) is 0 Å². The first kappa shape index (κ1) is 36.6. The van der Waals surface area contributed by atoms with Crippen LogP contribution in [-0.2, 0) is 30.5 Å². The molecular weight excluding hydrogens is 660 g/mol. The van der Waals surface area contributed by atoms with Crippen molar-refractivity contribution in [3.8, 4) is 5.75 Å². The lowest BCUT2D eigenvalue weighted by atomic mass is 9.90. The third-order valence-corrected chi connectivity index (χ3v) is 8.26. The molecule has 0 saturated heterocycles. The highest BCUT2D eigenvalue weighted by atomic mass is 35.5. The molecule has 0 aliphatic rings. The standard InChI is InChI=1S/C38H36ClF3N2O3.ClH/c39-37-31(16-8-19-35(37)38(40,41)42)26-44(27-34(29-12-3-1-4-13-29)30-14-5-2-6-15-30)20-10-22-46-32-17-7-11-28(23-32)24-36(45)43-25-33-18-9-21-47-33;/h1-9,11-19,21,23,34H,10,20,22,24-27H2,(H,43,45);1H. The Kier molecular flexibility index (Phi) is 13.6. The summed E-state index contributed by atoms with van der Waals surface area (Å²) in [4.78, 5) is 14.6. The lowest BCUT2D eigenvalue weighted by molar-refractivity contribution is -0.137. The van der Waals surface area contributed by atoms with Gasteiger partial charge in [0.15, 0.2) is 0 Å². The van der Waals surface area contributed by atoms with Crippen LogP contribution in [0, 0.1) is 0 Å². The average molecular weight is 698 g/mol. The zero-order chi connectivity index (χ0) is 33.1. The van der Waals surface area contributed by atoms with E-state index in [4.69, 9.17) is 20.8 Å². The zero-order valence-corrected chi connectivity index (χ0v) is 27.7. The van der Waals surface area contributed by atoms with Crippen molar-refractivity contribution in [2.24, 2.45) is 0 Å². The highest BCUT2D eigenvalue weighted by Crippen LogP contribution is 2.37. The lowest BCUT2D eigenvalue weighted by Gasteiger charge is -2.29. The number of amides is 1. The fraction of sp³-hybridized carbons (Fsp3) is 0.237. The fourth-order valence-electron chi connectivity index (χ4n) is 5.50. The minimum absolute atomic E-state index is 0. The van der Waals surface area contributed by atoms with Crippen LogP contribution in [0.4, 0.5) is 13.2 Å². The third-order valence-electron chi connectivity index (χ3n) is 7.81. The van der Waals surface area contributed by atoms with Gasteiger partial charge in [-0.15, -0.1) is 12.4 Å². The highest BCUT2D eigenvalue weighted by Gasteiger charge is 2.34. The van der Waals surface area contributed by atoms with Crippen molar-refractivity contribution in [2.45, 2.75) is 38.0 Å². The predicted molar refractivity (Wildman–Crippen MR) is 185 cm³/mol. The van der Waals surface area contributed by atoms with E-state index in [9.17, 15) is 18.0 Å². The van der Waals surface area contributed by atoms with Crippen LogP contribution >= 0.6 is 24.0 Å². The Morgan fingerprint density at radius 1 is 0.875 bits per heavy atom. The molecule has 0 radical (unpaired) electrons. The van der Waals surface area contributed by atoms with Gasteiger partial charge >= 0.3 is 6.18 Å². The molecule has 0 saturated carbocycles. The number of carbonyl (C=O) groups is 1. The number of ether oxygens (including phenoxy) is 1. The van der Waals surface area contributed by atoms with Crippen molar-refractivity contribution in [1.29, 1.82) is 0 Å². The first-order valence-corrected chi connectivity index (χ1v) is 15.8. The second-order valence-corrected chi connectivity index (χ2v) is 11.6. The van der Waals surface area contributed by atoms with Crippen molar-refractivity contribution < 1.29 is 27.1 Å². The van der Waals surface area contributed by atoms with E-state index in [0.717, 1.165) is 22.8 Å². The molecule has 0 atom stereocenters. The maximum Gasteiger partial charge on any atom is 0.417 e. The molecule has 0 unspecified atom stereocenters. The van der Waals surface area contributed by atoms with E-state index in [0.29, 0.717) is 49.7 Å². The van der Waals surface area contributed by atoms with E-state index in [2.05, 4.69) is 34.5 Å². The van der Waals surface area contributed by atoms with Gasteiger partial charge in [-0.2, -0.15) is 13.2 Å². The summed E-state index contributed by atoms with van der Waals surface area (Å²) in [5, 5.41) is 2.57. The average Bonchev–Trinajstić information content (AvgIpc) is 3.60. The molecule has 1 amide bonds. The maximum absolute atomic E-state index is 13.7. The first-order chi connectivity index (χ1) is 22.8. The Morgan fingerprint density at radius 3 is 2.21 bits per heavy atom. The SMILES string of the molecule is Cl.O=C(Cc1cccc(OCCCN(Cc2cccc(C(F)(F)F)c2Cl)CC(c2ccccc2)c2ccccc2)c1)NCc1ccco1. The molecular formula is C38H37Cl2F3N2O3. The van der Waals surface area contributed by atoms with Gasteiger partial charge in [-0.05, 0) is 59.0 Å². The van der Waals surface area contributed by atoms with Crippen LogP contribution in [0.5, 0.6) is 5.75 Å². The smallest absolute Gasteiger partial charge is 0.417 e. The minimum Gasteiger partial charge on any atom is -0.494 e. The summed E-state index contributed by atoms with van der Waals surface area (Å²) in [6.07, 6.45) is -2.17. The van der Waals surface area contributed by atoms with Gasteiger partial charge in [0.2, 0.25) is 5.91 Å². The summed E-state index contributed by atoms with van der Waals surface area (Å²) in [6.45, 7) is 2.05. The summed E-state index contributed by atoms with van der Waals surface area (Å²) in [7, 11) is 0. The van der Waals surface area contributed by atoms with Gasteiger partial charge in [0, 0.05) is 25.6 Å². The minimum atomic E-state index is -4.54. The van der Waals surface area contributed by atoms with Gasteiger partial charge in [0.1, 0.15) is 11.5 Å². The first-order valence-electron chi connectivity index (χ1n) is 15.4. The van der Waals surface area contributed by atoms with Crippen LogP contribution in [0.1, 0.15) is 45.9 Å². The summed E-state index contributed by atoms with van der Waals surface area (Å²) in [5.41, 5.74) is 2.62. The molecule has 0 bridgehead atoms. The number of nitrogens with zero attached hydrogens (tertiary/aromatic N) is 1. The number of nitrogens with one attached hydrogen (secondary N) is 1. The number of benzene rings is 4. The van der Waals surface area contributed by atoms with Crippen LogP contribution in [0.2, 0.25) is 5.02 Å². The molecule has 4 aromatic carbocycles. The van der Waals surface area contributed by atoms with Crippen molar-refractivity contribution in [2.75, 3.05) is 19.7 Å². The van der Waals surface area contributed by atoms with Crippen LogP contribution in [0.25, 0.3) is 0 Å². The van der Waals surface area contributed by atoms with E-state index in [-0.39, 0.29) is 42.2 Å². The van der Waals surface area contributed by atoms with E-state index < -0.39 is 11.7 Å². The van der Waals surface area contributed by atoms with Gasteiger partial charge < -0.3 is 14.5 Å². The second kappa shape index (κ2) is 17.8. The molecule has 1 N–H and O–H groups in total. The molecule has 5 aromatic rings. The summed E-state index contributed by atoms with van der Waals surface area (Å²) >= 11 is 6.34. The number of furan rings is 1. The van der Waals surface area contributed by atoms with Crippen molar-refractivity contribution >= 4 is 29.9 Å². The molecule has 48 heavy (non-hydrogen) atoms. The molecule has 1 heterocycles. The van der Waals surface area contributed by atoms with Crippen LogP contribution in [0.3, 0.4) is 0 Å². The molecule has 0 spiro atoms. The van der Waals surface area contributed by atoms with Crippen molar-refractivity contribution in [3.63, 3.8) is 0 Å². The van der Waals surface area contributed by atoms with Gasteiger partial charge in [-0.1, -0.05) is 96.5 Å². The number of hydrogen-bond acceptors (Lipinski definition) is 4. The summed E-state index contributed by atoms with van der Waals surface area (Å²) in [5.74, 6) is 1.17. The Morgan fingerprint density at radius 2 is 1.56 bits per heavy atom. The quantitative estimate of drug-likeness (QED) is 0.111. The summed E-state index contributed by atoms with van der Waals surface area (Å²) in [6, 6.07) is 35.2. The monoisotopic (exact) mass is 696 g/mol. The zero-order valence-electron chi connectivity index (χ0n) is 26.2. The van der Waals surface area contributed by atoms with Crippen LogP contribution < -0.4 is 10.1 Å². The van der Waals surface area contributed by atoms with Gasteiger partial charge in [0.05, 0.1) is 36.4 Å². The molecule has 1 aromatic heterocycles. The highest BCUT2D eigenvalue weighted by molar-refractivity contribution is 6.32. The number of rotatable bonds is 15. The van der Waals surface area contributed by atoms with Gasteiger partial charge in [-0.3, -0.25) is 9.69 Å². The Labute approximate surface area is 290 Å². The Hall–Kier alpha value is -4.24. The lowest BCUT2D eigenvalue weighted by Crippen LogP contribution is -2.31. The van der Waals surface area contributed by atoms with Crippen molar-refractivity contribution in [1.82, 2.24) is 10.2 Å². The molecule has 5 nitrogen and oxygen atoms in total. The number of hydrogen-bond donors (Lipinski definition) is 1. The molecule has 0 aliphatic heterocycles. The fourth-order valence-corrected chi connectivity index (χ4v) is 5.79.